The first-order chi connectivity index (χ1) is 13.8. The van der Waals surface area contributed by atoms with Gasteiger partial charge in [-0.3, -0.25) is 9.69 Å². The van der Waals surface area contributed by atoms with Crippen molar-refractivity contribution in [3.63, 3.8) is 0 Å². The SMILES string of the molecule is CC(C)(C)OC(=O)N1CCC[C@H]1C(=O)N(Cc1ccccc1)Cc1ccccc1. The molecule has 29 heavy (non-hydrogen) atoms. The number of nitrogens with zero attached hydrogens (tertiary/aromatic N) is 2. The van der Waals surface area contributed by atoms with Crippen LogP contribution in [0.2, 0.25) is 0 Å². The quantitative estimate of drug-likeness (QED) is 0.744. The summed E-state index contributed by atoms with van der Waals surface area (Å²) < 4.78 is 5.53. The molecule has 2 aromatic rings. The summed E-state index contributed by atoms with van der Waals surface area (Å²) in [5, 5.41) is 0. The first-order valence-electron chi connectivity index (χ1n) is 10.2. The Morgan fingerprint density at radius 3 is 1.97 bits per heavy atom. The van der Waals surface area contributed by atoms with E-state index in [4.69, 9.17) is 4.74 Å². The predicted octanol–water partition coefficient (Wildman–Crippen LogP) is 4.61. The minimum atomic E-state index is -0.582. The van der Waals surface area contributed by atoms with Gasteiger partial charge in [0.1, 0.15) is 11.6 Å². The second-order valence-electron chi connectivity index (χ2n) is 8.50. The lowest BCUT2D eigenvalue weighted by Crippen LogP contribution is -2.48. The second-order valence-corrected chi connectivity index (χ2v) is 8.50. The number of carbonyl (C=O) groups excluding carboxylic acids is 2. The minimum absolute atomic E-state index is 0.0268. The summed E-state index contributed by atoms with van der Waals surface area (Å²) >= 11 is 0. The Labute approximate surface area is 173 Å². The molecule has 0 bridgehead atoms. The van der Waals surface area contributed by atoms with Crippen molar-refractivity contribution in [3.8, 4) is 0 Å². The molecule has 3 rings (SSSR count). The maximum Gasteiger partial charge on any atom is 0.410 e. The van der Waals surface area contributed by atoms with Gasteiger partial charge in [0.15, 0.2) is 0 Å². The van der Waals surface area contributed by atoms with Gasteiger partial charge in [-0.05, 0) is 44.7 Å². The lowest BCUT2D eigenvalue weighted by atomic mass is 10.1. The Morgan fingerprint density at radius 1 is 0.966 bits per heavy atom. The molecule has 0 radical (unpaired) electrons. The van der Waals surface area contributed by atoms with E-state index in [0.717, 1.165) is 17.5 Å². The van der Waals surface area contributed by atoms with Crippen LogP contribution in [-0.4, -0.2) is 40.0 Å². The average Bonchev–Trinajstić information content (AvgIpc) is 3.17. The second kappa shape index (κ2) is 9.12. The van der Waals surface area contributed by atoms with Gasteiger partial charge in [-0.15, -0.1) is 0 Å². The first-order valence-corrected chi connectivity index (χ1v) is 10.2. The van der Waals surface area contributed by atoms with Gasteiger partial charge in [-0.1, -0.05) is 60.7 Å². The molecule has 0 saturated carbocycles. The highest BCUT2D eigenvalue weighted by molar-refractivity contribution is 5.86. The van der Waals surface area contributed by atoms with E-state index in [9.17, 15) is 9.59 Å². The molecule has 0 aromatic heterocycles. The molecule has 5 heteroatoms. The van der Waals surface area contributed by atoms with Gasteiger partial charge in [-0.2, -0.15) is 0 Å². The maximum absolute atomic E-state index is 13.5. The molecule has 0 aliphatic carbocycles. The third-order valence-corrected chi connectivity index (χ3v) is 4.91. The fourth-order valence-electron chi connectivity index (χ4n) is 3.59. The van der Waals surface area contributed by atoms with Gasteiger partial charge in [0, 0.05) is 19.6 Å². The molecule has 0 N–H and O–H groups in total. The molecule has 1 atom stereocenters. The van der Waals surface area contributed by atoms with Crippen molar-refractivity contribution in [1.82, 2.24) is 9.80 Å². The van der Waals surface area contributed by atoms with Crippen LogP contribution >= 0.6 is 0 Å². The van der Waals surface area contributed by atoms with Crippen molar-refractivity contribution >= 4 is 12.0 Å². The third-order valence-electron chi connectivity index (χ3n) is 4.91. The summed E-state index contributed by atoms with van der Waals surface area (Å²) in [5.41, 5.74) is 1.55. The van der Waals surface area contributed by atoms with Gasteiger partial charge >= 0.3 is 6.09 Å². The van der Waals surface area contributed by atoms with Crippen LogP contribution in [0.15, 0.2) is 60.7 Å². The summed E-state index contributed by atoms with van der Waals surface area (Å²) in [6.45, 7) is 7.09. The standard InChI is InChI=1S/C24H30N2O3/c1-24(2,3)29-23(28)26-16-10-15-21(26)22(27)25(17-19-11-6-4-7-12-19)18-20-13-8-5-9-14-20/h4-9,11-14,21H,10,15-18H2,1-3H3/t21-/m0/s1. The highest BCUT2D eigenvalue weighted by atomic mass is 16.6. The zero-order valence-corrected chi connectivity index (χ0v) is 17.5. The molecule has 1 fully saturated rings. The number of hydrogen-bond acceptors (Lipinski definition) is 3. The summed E-state index contributed by atoms with van der Waals surface area (Å²) in [7, 11) is 0. The molecule has 154 valence electrons. The Hall–Kier alpha value is -2.82. The van der Waals surface area contributed by atoms with Crippen LogP contribution < -0.4 is 0 Å². The molecule has 1 heterocycles. The lowest BCUT2D eigenvalue weighted by molar-refractivity contribution is -0.137. The Balaban J connectivity index is 1.80. The molecule has 5 nitrogen and oxygen atoms in total. The van der Waals surface area contributed by atoms with Crippen molar-refractivity contribution in [2.75, 3.05) is 6.54 Å². The minimum Gasteiger partial charge on any atom is -0.444 e. The molecule has 0 spiro atoms. The highest BCUT2D eigenvalue weighted by Crippen LogP contribution is 2.24. The van der Waals surface area contributed by atoms with Crippen molar-refractivity contribution in [2.24, 2.45) is 0 Å². The van der Waals surface area contributed by atoms with Crippen molar-refractivity contribution in [3.05, 3.63) is 71.8 Å². The van der Waals surface area contributed by atoms with E-state index in [1.165, 1.54) is 0 Å². The van der Waals surface area contributed by atoms with Gasteiger partial charge in [0.05, 0.1) is 0 Å². The van der Waals surface area contributed by atoms with Crippen LogP contribution in [0, 0.1) is 0 Å². The van der Waals surface area contributed by atoms with Crippen LogP contribution in [0.3, 0.4) is 0 Å². The smallest absolute Gasteiger partial charge is 0.410 e. The monoisotopic (exact) mass is 394 g/mol. The van der Waals surface area contributed by atoms with Crippen molar-refractivity contribution < 1.29 is 14.3 Å². The summed E-state index contributed by atoms with van der Waals surface area (Å²) in [4.78, 5) is 29.6. The van der Waals surface area contributed by atoms with E-state index in [2.05, 4.69) is 0 Å². The molecule has 2 amide bonds. The molecular weight excluding hydrogens is 364 g/mol. The average molecular weight is 395 g/mol. The van der Waals surface area contributed by atoms with Crippen LogP contribution in [0.25, 0.3) is 0 Å². The summed E-state index contributed by atoms with van der Waals surface area (Å²) in [6, 6.07) is 19.4. The number of rotatable bonds is 5. The van der Waals surface area contributed by atoms with E-state index < -0.39 is 17.7 Å². The molecule has 1 saturated heterocycles. The maximum atomic E-state index is 13.5. The van der Waals surface area contributed by atoms with Crippen LogP contribution in [0.1, 0.15) is 44.7 Å². The number of likely N-dealkylation sites (tertiary alicyclic amines) is 1. The number of carbonyl (C=O) groups is 2. The van der Waals surface area contributed by atoms with Crippen LogP contribution in [0.5, 0.6) is 0 Å². The van der Waals surface area contributed by atoms with Crippen LogP contribution in [-0.2, 0) is 22.6 Å². The Kier molecular flexibility index (Phi) is 6.57. The third kappa shape index (κ3) is 5.83. The number of hydrogen-bond donors (Lipinski definition) is 0. The topological polar surface area (TPSA) is 49.9 Å². The lowest BCUT2D eigenvalue weighted by Gasteiger charge is -2.32. The fourth-order valence-corrected chi connectivity index (χ4v) is 3.59. The molecule has 1 aliphatic rings. The van der Waals surface area contributed by atoms with E-state index in [0.29, 0.717) is 26.1 Å². The highest BCUT2D eigenvalue weighted by Gasteiger charge is 2.38. The zero-order valence-electron chi connectivity index (χ0n) is 17.5. The number of ether oxygens (including phenoxy) is 1. The van der Waals surface area contributed by atoms with Crippen LogP contribution in [0.4, 0.5) is 4.79 Å². The van der Waals surface area contributed by atoms with Gasteiger partial charge in [0.2, 0.25) is 5.91 Å². The number of amides is 2. The van der Waals surface area contributed by atoms with E-state index in [1.807, 2.05) is 86.3 Å². The van der Waals surface area contributed by atoms with Gasteiger partial charge in [-0.25, -0.2) is 4.79 Å². The van der Waals surface area contributed by atoms with E-state index in [1.54, 1.807) is 4.90 Å². The Bertz CT molecular complexity index is 774. The largest absolute Gasteiger partial charge is 0.444 e. The zero-order chi connectivity index (χ0) is 20.9. The van der Waals surface area contributed by atoms with Gasteiger partial charge < -0.3 is 9.64 Å². The first kappa shape index (κ1) is 20.9. The molecule has 2 aromatic carbocycles. The normalized spacial score (nSPS) is 16.5. The molecule has 0 unspecified atom stereocenters. The van der Waals surface area contributed by atoms with E-state index >= 15 is 0 Å². The summed E-state index contributed by atoms with van der Waals surface area (Å²) in [6.07, 6.45) is 1.06. The van der Waals surface area contributed by atoms with Gasteiger partial charge in [0.25, 0.3) is 0 Å². The molecule has 1 aliphatic heterocycles. The Morgan fingerprint density at radius 2 is 1.48 bits per heavy atom. The van der Waals surface area contributed by atoms with Crippen molar-refractivity contribution in [1.29, 1.82) is 0 Å². The molecular formula is C24H30N2O3. The predicted molar refractivity (Wildman–Crippen MR) is 113 cm³/mol. The number of benzene rings is 2. The fraction of sp³-hybridized carbons (Fsp3) is 0.417. The summed E-state index contributed by atoms with van der Waals surface area (Å²) in [5.74, 6) is -0.0268. The van der Waals surface area contributed by atoms with E-state index in [-0.39, 0.29) is 5.91 Å². The van der Waals surface area contributed by atoms with Crippen molar-refractivity contribution in [2.45, 2.75) is 58.3 Å².